The van der Waals surface area contributed by atoms with Crippen molar-refractivity contribution in [2.75, 3.05) is 18.0 Å². The van der Waals surface area contributed by atoms with E-state index < -0.39 is 5.91 Å². The largest absolute Gasteiger partial charge is 0.367 e. The lowest BCUT2D eigenvalue weighted by molar-refractivity contribution is 0.0706. The number of anilines is 1. The van der Waals surface area contributed by atoms with Crippen molar-refractivity contribution in [2.24, 2.45) is 0 Å². The van der Waals surface area contributed by atoms with Gasteiger partial charge in [0, 0.05) is 55.4 Å². The monoisotopic (exact) mass is 487 g/mol. The second-order valence-electron chi connectivity index (χ2n) is 9.59. The minimum absolute atomic E-state index is 0.191. The van der Waals surface area contributed by atoms with Crippen molar-refractivity contribution < 1.29 is 14.4 Å². The molecule has 0 spiro atoms. The van der Waals surface area contributed by atoms with E-state index in [9.17, 15) is 9.18 Å². The lowest BCUT2D eigenvalue weighted by Gasteiger charge is -2.45. The number of nitrogens with zero attached hydrogens (tertiary/aromatic N) is 4. The Morgan fingerprint density at radius 3 is 2.47 bits per heavy atom. The number of hydroxylamine groups is 1. The number of nitrogens with one attached hydrogen (secondary N) is 1. The SMILES string of the molecule is CC1CN(c2cnc3c(ccn3Cc3ccc(C(=O)NO)cc3)c2)CC(C)N1Cc1cccc(F)c1. The van der Waals surface area contributed by atoms with Crippen LogP contribution in [0.1, 0.15) is 35.3 Å². The van der Waals surface area contributed by atoms with Gasteiger partial charge in [-0.2, -0.15) is 0 Å². The number of fused-ring (bicyclic) bond motifs is 1. The van der Waals surface area contributed by atoms with Gasteiger partial charge in [-0.3, -0.25) is 14.9 Å². The number of halogens is 1. The number of benzene rings is 2. The molecule has 0 bridgehead atoms. The van der Waals surface area contributed by atoms with Crippen LogP contribution in [0.5, 0.6) is 0 Å². The van der Waals surface area contributed by atoms with E-state index in [0.29, 0.717) is 24.2 Å². The molecule has 0 radical (unpaired) electrons. The summed E-state index contributed by atoms with van der Waals surface area (Å²) in [6.45, 7) is 7.56. The predicted octanol–water partition coefficient (Wildman–Crippen LogP) is 4.44. The standard InChI is InChI=1S/C28H30FN5O2/c1-19-15-33(16-20(2)34(19)18-22-4-3-5-25(29)12-22)26-13-24-10-11-32(27(24)30-14-26)17-21-6-8-23(9-7-21)28(35)31-36/h3-14,19-20,36H,15-18H2,1-2H3,(H,31,35). The number of hydrogen-bond acceptors (Lipinski definition) is 5. The third-order valence-corrected chi connectivity index (χ3v) is 6.98. The Bertz CT molecular complexity index is 1360. The first kappa shape index (κ1) is 24.0. The minimum Gasteiger partial charge on any atom is -0.367 e. The lowest BCUT2D eigenvalue weighted by atomic mass is 10.1. The zero-order chi connectivity index (χ0) is 25.2. The summed E-state index contributed by atoms with van der Waals surface area (Å²) >= 11 is 0. The molecule has 2 unspecified atom stereocenters. The zero-order valence-electron chi connectivity index (χ0n) is 20.4. The Hall–Kier alpha value is -3.75. The number of piperazine rings is 1. The molecule has 2 aromatic heterocycles. The van der Waals surface area contributed by atoms with Crippen molar-refractivity contribution >= 4 is 22.6 Å². The van der Waals surface area contributed by atoms with Gasteiger partial charge in [-0.25, -0.2) is 14.9 Å². The molecule has 186 valence electrons. The Balaban J connectivity index is 1.28. The maximum Gasteiger partial charge on any atom is 0.274 e. The molecule has 1 saturated heterocycles. The van der Waals surface area contributed by atoms with Crippen molar-refractivity contribution in [3.8, 4) is 0 Å². The molecular formula is C28H30FN5O2. The van der Waals surface area contributed by atoms with Gasteiger partial charge in [0.25, 0.3) is 5.91 Å². The van der Waals surface area contributed by atoms with Crippen LogP contribution in [0.25, 0.3) is 11.0 Å². The van der Waals surface area contributed by atoms with E-state index in [1.54, 1.807) is 29.7 Å². The van der Waals surface area contributed by atoms with Gasteiger partial charge in [-0.1, -0.05) is 24.3 Å². The Morgan fingerprint density at radius 1 is 1.03 bits per heavy atom. The minimum atomic E-state index is -0.527. The molecule has 1 fully saturated rings. The normalized spacial score (nSPS) is 18.5. The van der Waals surface area contributed by atoms with Crippen molar-refractivity contribution in [3.05, 3.63) is 95.6 Å². The molecule has 2 aromatic carbocycles. The molecule has 8 heteroatoms. The molecule has 5 rings (SSSR count). The van der Waals surface area contributed by atoms with Gasteiger partial charge in [0.15, 0.2) is 0 Å². The van der Waals surface area contributed by atoms with Gasteiger partial charge in [0.1, 0.15) is 11.5 Å². The van der Waals surface area contributed by atoms with Gasteiger partial charge < -0.3 is 9.47 Å². The zero-order valence-corrected chi connectivity index (χ0v) is 20.4. The van der Waals surface area contributed by atoms with Crippen molar-refractivity contribution in [3.63, 3.8) is 0 Å². The molecule has 4 aromatic rings. The first-order chi connectivity index (χ1) is 17.4. The molecular weight excluding hydrogens is 457 g/mol. The van der Waals surface area contributed by atoms with Gasteiger partial charge in [0.2, 0.25) is 0 Å². The molecule has 7 nitrogen and oxygen atoms in total. The molecule has 3 heterocycles. The van der Waals surface area contributed by atoms with Gasteiger partial charge in [-0.05, 0) is 61.4 Å². The molecule has 1 amide bonds. The highest BCUT2D eigenvalue weighted by Crippen LogP contribution is 2.27. The fraction of sp³-hybridized carbons (Fsp3) is 0.286. The van der Waals surface area contributed by atoms with Crippen LogP contribution in [0.3, 0.4) is 0 Å². The van der Waals surface area contributed by atoms with Crippen LogP contribution in [0.15, 0.2) is 73.1 Å². The smallest absolute Gasteiger partial charge is 0.274 e. The summed E-state index contributed by atoms with van der Waals surface area (Å²) in [5, 5.41) is 9.86. The quantitative estimate of drug-likeness (QED) is 0.311. The third-order valence-electron chi connectivity index (χ3n) is 6.98. The topological polar surface area (TPSA) is 73.6 Å². The van der Waals surface area contributed by atoms with E-state index in [1.807, 2.05) is 30.6 Å². The molecule has 1 aliphatic heterocycles. The average Bonchev–Trinajstić information content (AvgIpc) is 3.28. The van der Waals surface area contributed by atoms with Gasteiger partial charge >= 0.3 is 0 Å². The van der Waals surface area contributed by atoms with E-state index in [0.717, 1.165) is 47.5 Å². The van der Waals surface area contributed by atoms with Crippen molar-refractivity contribution in [1.82, 2.24) is 19.9 Å². The molecule has 2 N–H and O–H groups in total. The van der Waals surface area contributed by atoms with Crippen LogP contribution in [0, 0.1) is 5.82 Å². The van der Waals surface area contributed by atoms with Crippen LogP contribution in [0.4, 0.5) is 10.1 Å². The van der Waals surface area contributed by atoms with Crippen LogP contribution >= 0.6 is 0 Å². The van der Waals surface area contributed by atoms with Gasteiger partial charge in [0.05, 0.1) is 11.9 Å². The van der Waals surface area contributed by atoms with E-state index in [1.165, 1.54) is 6.07 Å². The second-order valence-corrected chi connectivity index (χ2v) is 9.59. The number of rotatable bonds is 6. The van der Waals surface area contributed by atoms with E-state index >= 15 is 0 Å². The van der Waals surface area contributed by atoms with Crippen LogP contribution in [-0.4, -0.2) is 50.7 Å². The van der Waals surface area contributed by atoms with E-state index in [-0.39, 0.29) is 5.82 Å². The van der Waals surface area contributed by atoms with E-state index in [2.05, 4.69) is 40.3 Å². The second kappa shape index (κ2) is 10.1. The molecule has 2 atom stereocenters. The first-order valence-corrected chi connectivity index (χ1v) is 12.1. The van der Waals surface area contributed by atoms with Crippen molar-refractivity contribution in [1.29, 1.82) is 0 Å². The lowest BCUT2D eigenvalue weighted by Crippen LogP contribution is -2.56. The van der Waals surface area contributed by atoms with Crippen molar-refractivity contribution in [2.45, 2.75) is 39.0 Å². The number of hydrogen-bond donors (Lipinski definition) is 2. The summed E-state index contributed by atoms with van der Waals surface area (Å²) in [4.78, 5) is 21.1. The summed E-state index contributed by atoms with van der Waals surface area (Å²) < 4.78 is 15.7. The van der Waals surface area contributed by atoms with Crippen LogP contribution in [-0.2, 0) is 13.1 Å². The van der Waals surface area contributed by atoms with E-state index in [4.69, 9.17) is 10.2 Å². The predicted molar refractivity (Wildman–Crippen MR) is 138 cm³/mol. The third kappa shape index (κ3) is 4.96. The van der Waals surface area contributed by atoms with Crippen LogP contribution in [0.2, 0.25) is 0 Å². The number of aromatic nitrogens is 2. The highest BCUT2D eigenvalue weighted by atomic mass is 19.1. The summed E-state index contributed by atoms with van der Waals surface area (Å²) in [5.74, 6) is -0.718. The number of carbonyl (C=O) groups excluding carboxylic acids is 1. The fourth-order valence-corrected chi connectivity index (χ4v) is 5.11. The number of amides is 1. The number of carbonyl (C=O) groups is 1. The Morgan fingerprint density at radius 2 is 1.78 bits per heavy atom. The number of pyridine rings is 1. The fourth-order valence-electron chi connectivity index (χ4n) is 5.11. The highest BCUT2D eigenvalue weighted by molar-refractivity contribution is 5.93. The Kier molecular flexibility index (Phi) is 6.71. The molecule has 1 aliphatic rings. The molecule has 0 saturated carbocycles. The Labute approximate surface area is 209 Å². The maximum absolute atomic E-state index is 13.7. The summed E-state index contributed by atoms with van der Waals surface area (Å²) in [6.07, 6.45) is 3.97. The average molecular weight is 488 g/mol. The molecule has 36 heavy (non-hydrogen) atoms. The van der Waals surface area contributed by atoms with Gasteiger partial charge in [-0.15, -0.1) is 0 Å². The summed E-state index contributed by atoms with van der Waals surface area (Å²) in [6, 6.07) is 18.9. The first-order valence-electron chi connectivity index (χ1n) is 12.1. The maximum atomic E-state index is 13.7. The van der Waals surface area contributed by atoms with Crippen LogP contribution < -0.4 is 10.4 Å². The molecule has 0 aliphatic carbocycles. The highest BCUT2D eigenvalue weighted by Gasteiger charge is 2.30. The summed E-state index contributed by atoms with van der Waals surface area (Å²) in [7, 11) is 0. The summed E-state index contributed by atoms with van der Waals surface area (Å²) in [5.41, 5.74) is 6.09.